The van der Waals surface area contributed by atoms with E-state index >= 15 is 0 Å². The normalized spacial score (nSPS) is 37.7. The van der Waals surface area contributed by atoms with Crippen molar-refractivity contribution in [2.75, 3.05) is 6.54 Å². The van der Waals surface area contributed by atoms with E-state index < -0.39 is 0 Å². The number of aliphatic hydroxyl groups excluding tert-OH is 1. The van der Waals surface area contributed by atoms with Crippen molar-refractivity contribution in [2.24, 2.45) is 5.92 Å². The molecular formula is C17H20BNO3. The van der Waals surface area contributed by atoms with Crippen LogP contribution in [0.3, 0.4) is 0 Å². The highest BCUT2D eigenvalue weighted by Gasteiger charge is 2.64. The van der Waals surface area contributed by atoms with E-state index in [0.717, 1.165) is 37.1 Å². The van der Waals surface area contributed by atoms with Gasteiger partial charge < -0.3 is 15.2 Å². The third kappa shape index (κ3) is 1.31. The van der Waals surface area contributed by atoms with E-state index in [4.69, 9.17) is 4.74 Å². The number of carbonyl (C=O) groups excluding carboxylic acids is 1. The summed E-state index contributed by atoms with van der Waals surface area (Å²) in [6, 6.07) is 2.51. The highest BCUT2D eigenvalue weighted by Crippen LogP contribution is 2.60. The Morgan fingerprint density at radius 3 is 3.18 bits per heavy atom. The molecule has 4 nitrogen and oxygen atoms in total. The van der Waals surface area contributed by atoms with Crippen LogP contribution in [0.2, 0.25) is 0 Å². The van der Waals surface area contributed by atoms with Gasteiger partial charge in [-0.3, -0.25) is 4.79 Å². The van der Waals surface area contributed by atoms with E-state index in [1.54, 1.807) is 0 Å². The molecule has 22 heavy (non-hydrogen) atoms. The molecule has 2 bridgehead atoms. The number of ether oxygens (including phenoxy) is 1. The fraction of sp³-hybridized carbons (Fsp3) is 0.588. The number of piperidine rings is 1. The standard InChI is InChI=1S/C17H20BNO3/c18-11-5-8(7-20)15-14-9(11)6-12-10-1-2-13(21)16(22-15)17(10,14)3-4-19-12/h5,10,12,16,19-20H,1-4,6-7,18H2. The van der Waals surface area contributed by atoms with Crippen molar-refractivity contribution in [3.63, 3.8) is 0 Å². The van der Waals surface area contributed by atoms with Gasteiger partial charge in [0.25, 0.3) is 0 Å². The maximum Gasteiger partial charge on any atom is 0.174 e. The fourth-order valence-electron chi connectivity index (χ4n) is 5.73. The second kappa shape index (κ2) is 4.15. The lowest BCUT2D eigenvalue weighted by molar-refractivity contribution is -0.135. The number of ketones is 1. The molecule has 2 heterocycles. The highest BCUT2D eigenvalue weighted by atomic mass is 16.5. The smallest absolute Gasteiger partial charge is 0.174 e. The van der Waals surface area contributed by atoms with E-state index in [0.29, 0.717) is 18.4 Å². The summed E-state index contributed by atoms with van der Waals surface area (Å²) in [5, 5.41) is 13.4. The Morgan fingerprint density at radius 1 is 1.50 bits per heavy atom. The van der Waals surface area contributed by atoms with Gasteiger partial charge in [0.1, 0.15) is 13.6 Å². The third-order valence-corrected chi connectivity index (χ3v) is 6.54. The molecule has 0 radical (unpaired) electrons. The first-order valence-electron chi connectivity index (χ1n) is 8.36. The van der Waals surface area contributed by atoms with Crippen LogP contribution >= 0.6 is 0 Å². The lowest BCUT2D eigenvalue weighted by Crippen LogP contribution is -2.65. The van der Waals surface area contributed by atoms with Crippen LogP contribution in [-0.4, -0.2) is 37.4 Å². The SMILES string of the molecule is Bc1cc(CO)c2c3c1CC1NCCC34C(O2)C(=O)CCC14. The lowest BCUT2D eigenvalue weighted by Gasteiger charge is -2.54. The highest BCUT2D eigenvalue weighted by molar-refractivity contribution is 6.33. The number of rotatable bonds is 1. The average molecular weight is 297 g/mol. The maximum atomic E-state index is 12.6. The number of nitrogens with one attached hydrogen (secondary N) is 1. The zero-order valence-electron chi connectivity index (χ0n) is 12.8. The minimum atomic E-state index is -0.322. The van der Waals surface area contributed by atoms with Crippen molar-refractivity contribution >= 4 is 19.1 Å². The topological polar surface area (TPSA) is 58.6 Å². The Balaban J connectivity index is 1.85. The summed E-state index contributed by atoms with van der Waals surface area (Å²) in [5.74, 6) is 1.57. The molecule has 5 heteroatoms. The molecule has 1 aromatic rings. The number of carbonyl (C=O) groups is 1. The van der Waals surface area contributed by atoms with Gasteiger partial charge in [-0.15, -0.1) is 0 Å². The summed E-state index contributed by atoms with van der Waals surface area (Å²) in [6.45, 7) is 0.933. The Kier molecular flexibility index (Phi) is 2.48. The van der Waals surface area contributed by atoms with Crippen LogP contribution in [0.4, 0.5) is 0 Å². The van der Waals surface area contributed by atoms with Gasteiger partial charge in [-0.1, -0.05) is 11.5 Å². The molecule has 5 rings (SSSR count). The van der Waals surface area contributed by atoms with Gasteiger partial charge in [0.2, 0.25) is 0 Å². The Labute approximate surface area is 130 Å². The first-order valence-corrected chi connectivity index (χ1v) is 8.36. The maximum absolute atomic E-state index is 12.6. The summed E-state index contributed by atoms with van der Waals surface area (Å²) in [5.41, 5.74) is 4.58. The molecule has 2 N–H and O–H groups in total. The molecule has 4 atom stereocenters. The minimum Gasteiger partial charge on any atom is -0.481 e. The molecule has 1 saturated heterocycles. The monoisotopic (exact) mass is 297 g/mol. The third-order valence-electron chi connectivity index (χ3n) is 6.54. The van der Waals surface area contributed by atoms with Crippen LogP contribution in [0.1, 0.15) is 36.0 Å². The summed E-state index contributed by atoms with van der Waals surface area (Å²) < 4.78 is 6.23. The lowest BCUT2D eigenvalue weighted by atomic mass is 9.51. The van der Waals surface area contributed by atoms with E-state index in [-0.39, 0.29) is 23.9 Å². The van der Waals surface area contributed by atoms with E-state index in [2.05, 4.69) is 13.2 Å². The molecule has 4 aliphatic rings. The van der Waals surface area contributed by atoms with Gasteiger partial charge in [0.15, 0.2) is 11.9 Å². The summed E-state index contributed by atoms with van der Waals surface area (Å²) in [6.07, 6.45) is 3.27. The molecule has 1 aromatic carbocycles. The van der Waals surface area contributed by atoms with Crippen LogP contribution in [0.25, 0.3) is 0 Å². The zero-order valence-corrected chi connectivity index (χ0v) is 12.8. The van der Waals surface area contributed by atoms with Crippen LogP contribution in [0, 0.1) is 5.92 Å². The summed E-state index contributed by atoms with van der Waals surface area (Å²) in [7, 11) is 2.12. The van der Waals surface area contributed by atoms with Gasteiger partial charge >= 0.3 is 0 Å². The second-order valence-electron chi connectivity index (χ2n) is 7.36. The van der Waals surface area contributed by atoms with Crippen molar-refractivity contribution in [3.8, 4) is 5.75 Å². The quantitative estimate of drug-likeness (QED) is 0.675. The van der Waals surface area contributed by atoms with Gasteiger partial charge in [0.05, 0.1) is 6.61 Å². The molecule has 1 saturated carbocycles. The zero-order chi connectivity index (χ0) is 15.1. The van der Waals surface area contributed by atoms with Gasteiger partial charge in [-0.2, -0.15) is 0 Å². The number of hydrogen-bond acceptors (Lipinski definition) is 4. The number of Topliss-reactive ketones (excluding diaryl/α,β-unsaturated/α-hetero) is 1. The largest absolute Gasteiger partial charge is 0.481 e. The summed E-state index contributed by atoms with van der Waals surface area (Å²) >= 11 is 0. The summed E-state index contributed by atoms with van der Waals surface area (Å²) in [4.78, 5) is 12.6. The molecule has 4 unspecified atom stereocenters. The van der Waals surface area contributed by atoms with Gasteiger partial charge in [0, 0.05) is 29.0 Å². The minimum absolute atomic E-state index is 0.0210. The predicted octanol–water partition coefficient (Wildman–Crippen LogP) is -0.667. The molecule has 0 aromatic heterocycles. The second-order valence-corrected chi connectivity index (χ2v) is 7.36. The molecule has 2 aliphatic carbocycles. The molecule has 1 spiro atoms. The van der Waals surface area contributed by atoms with Crippen molar-refractivity contribution in [3.05, 3.63) is 22.8 Å². The molecule has 0 amide bonds. The van der Waals surface area contributed by atoms with E-state index in [1.165, 1.54) is 16.6 Å². The first kappa shape index (κ1) is 13.1. The molecule has 2 fully saturated rings. The van der Waals surface area contributed by atoms with Crippen LogP contribution in [0.5, 0.6) is 5.75 Å². The number of benzene rings is 1. The van der Waals surface area contributed by atoms with Gasteiger partial charge in [-0.25, -0.2) is 0 Å². The van der Waals surface area contributed by atoms with Gasteiger partial charge in [-0.05, 0) is 37.3 Å². The molecular weight excluding hydrogens is 277 g/mol. The van der Waals surface area contributed by atoms with Crippen LogP contribution < -0.4 is 15.5 Å². The number of hydrogen-bond donors (Lipinski definition) is 2. The van der Waals surface area contributed by atoms with Crippen LogP contribution in [0.15, 0.2) is 6.07 Å². The van der Waals surface area contributed by atoms with E-state index in [1.807, 2.05) is 6.07 Å². The van der Waals surface area contributed by atoms with Crippen molar-refractivity contribution in [1.82, 2.24) is 5.32 Å². The fourth-order valence-corrected chi connectivity index (χ4v) is 5.73. The predicted molar refractivity (Wildman–Crippen MR) is 84.5 cm³/mol. The Hall–Kier alpha value is -1.33. The number of aliphatic hydroxyl groups is 1. The Morgan fingerprint density at radius 2 is 2.36 bits per heavy atom. The average Bonchev–Trinajstić information content (AvgIpc) is 2.84. The molecule has 2 aliphatic heterocycles. The first-order chi connectivity index (χ1) is 10.7. The van der Waals surface area contributed by atoms with Crippen LogP contribution in [-0.2, 0) is 23.2 Å². The molecule has 114 valence electrons. The Bertz CT molecular complexity index is 704. The van der Waals surface area contributed by atoms with E-state index in [9.17, 15) is 9.90 Å². The van der Waals surface area contributed by atoms with Crippen molar-refractivity contribution in [2.45, 2.75) is 49.9 Å². The van der Waals surface area contributed by atoms with Crippen molar-refractivity contribution in [1.29, 1.82) is 0 Å². The van der Waals surface area contributed by atoms with Crippen molar-refractivity contribution < 1.29 is 14.6 Å².